The van der Waals surface area contributed by atoms with Crippen LogP contribution in [0.15, 0.2) is 47.4 Å². The van der Waals surface area contributed by atoms with E-state index in [0.29, 0.717) is 32.0 Å². The molecule has 3 rings (SSSR count). The molecule has 2 aromatic rings. The van der Waals surface area contributed by atoms with Gasteiger partial charge in [0.05, 0.1) is 28.7 Å². The Morgan fingerprint density at radius 2 is 1.77 bits per heavy atom. The van der Waals surface area contributed by atoms with Crippen LogP contribution in [-0.2, 0) is 14.8 Å². The fraction of sp³-hybridized carbons (Fsp3) is 0.235. The minimum absolute atomic E-state index is 0.00554. The molecular formula is C17H16ClFN2O4S. The Bertz CT molecular complexity index is 893. The number of hydrogen-bond donors (Lipinski definition) is 1. The highest BCUT2D eigenvalue weighted by atomic mass is 35.5. The summed E-state index contributed by atoms with van der Waals surface area (Å²) in [6.45, 7) is 1.31. The van der Waals surface area contributed by atoms with Crippen molar-refractivity contribution in [2.45, 2.75) is 4.90 Å². The number of anilines is 1. The standard InChI is InChI=1S/C17H16ClFN2O4S/c18-14-2-1-3-15(19)16(14)17(22)20-12-4-6-13(7-5-12)26(23,24)21-8-10-25-11-9-21/h1-7H,8-11H2,(H,20,22). The highest BCUT2D eigenvalue weighted by Gasteiger charge is 2.26. The van der Waals surface area contributed by atoms with Gasteiger partial charge in [0.25, 0.3) is 5.91 Å². The second kappa shape index (κ2) is 7.71. The van der Waals surface area contributed by atoms with Crippen molar-refractivity contribution in [1.82, 2.24) is 4.31 Å². The topological polar surface area (TPSA) is 75.7 Å². The first-order valence-corrected chi connectivity index (χ1v) is 9.65. The number of rotatable bonds is 4. The third-order valence-corrected chi connectivity index (χ3v) is 6.14. The lowest BCUT2D eigenvalue weighted by Crippen LogP contribution is -2.40. The summed E-state index contributed by atoms with van der Waals surface area (Å²) in [6, 6.07) is 9.63. The number of carbonyl (C=O) groups excluding carboxylic acids is 1. The van der Waals surface area contributed by atoms with Gasteiger partial charge in [0, 0.05) is 18.8 Å². The Balaban J connectivity index is 1.76. The highest BCUT2D eigenvalue weighted by molar-refractivity contribution is 7.89. The summed E-state index contributed by atoms with van der Waals surface area (Å²) in [7, 11) is -3.61. The predicted octanol–water partition coefficient (Wildman–Crippen LogP) is 2.75. The van der Waals surface area contributed by atoms with Crippen LogP contribution in [-0.4, -0.2) is 44.9 Å². The van der Waals surface area contributed by atoms with E-state index in [2.05, 4.69) is 5.32 Å². The van der Waals surface area contributed by atoms with Gasteiger partial charge in [-0.25, -0.2) is 12.8 Å². The van der Waals surface area contributed by atoms with Gasteiger partial charge >= 0.3 is 0 Å². The number of amides is 1. The molecule has 1 saturated heterocycles. The van der Waals surface area contributed by atoms with Crippen molar-refractivity contribution >= 4 is 33.2 Å². The number of nitrogens with zero attached hydrogens (tertiary/aromatic N) is 1. The number of benzene rings is 2. The van der Waals surface area contributed by atoms with E-state index in [1.165, 1.54) is 40.7 Å². The summed E-state index contributed by atoms with van der Waals surface area (Å²) < 4.78 is 45.4. The maximum Gasteiger partial charge on any atom is 0.260 e. The molecule has 0 bridgehead atoms. The normalized spacial score (nSPS) is 15.6. The Kier molecular flexibility index (Phi) is 5.57. The van der Waals surface area contributed by atoms with Crippen LogP contribution in [0.4, 0.5) is 10.1 Å². The minimum Gasteiger partial charge on any atom is -0.379 e. The molecule has 1 heterocycles. The Morgan fingerprint density at radius 3 is 2.38 bits per heavy atom. The lowest BCUT2D eigenvalue weighted by Gasteiger charge is -2.26. The number of hydrogen-bond acceptors (Lipinski definition) is 4. The fourth-order valence-electron chi connectivity index (χ4n) is 2.55. The van der Waals surface area contributed by atoms with Crippen molar-refractivity contribution in [1.29, 1.82) is 0 Å². The van der Waals surface area contributed by atoms with Gasteiger partial charge in [0.1, 0.15) is 5.82 Å². The minimum atomic E-state index is -3.61. The van der Waals surface area contributed by atoms with E-state index in [1.807, 2.05) is 0 Å². The molecule has 0 saturated carbocycles. The van der Waals surface area contributed by atoms with E-state index < -0.39 is 21.7 Å². The lowest BCUT2D eigenvalue weighted by molar-refractivity contribution is 0.0730. The summed E-state index contributed by atoms with van der Waals surface area (Å²) in [5.41, 5.74) is 0.0643. The summed E-state index contributed by atoms with van der Waals surface area (Å²) in [5.74, 6) is -1.45. The van der Waals surface area contributed by atoms with Gasteiger partial charge in [0.15, 0.2) is 0 Å². The molecule has 26 heavy (non-hydrogen) atoms. The number of carbonyl (C=O) groups is 1. The zero-order valence-corrected chi connectivity index (χ0v) is 15.2. The number of ether oxygens (including phenoxy) is 1. The van der Waals surface area contributed by atoms with Crippen molar-refractivity contribution in [3.63, 3.8) is 0 Å². The highest BCUT2D eigenvalue weighted by Crippen LogP contribution is 2.22. The average molecular weight is 399 g/mol. The smallest absolute Gasteiger partial charge is 0.260 e. The van der Waals surface area contributed by atoms with Crippen LogP contribution in [0.1, 0.15) is 10.4 Å². The summed E-state index contributed by atoms with van der Waals surface area (Å²) in [4.78, 5) is 12.3. The van der Waals surface area contributed by atoms with Crippen molar-refractivity contribution in [2.24, 2.45) is 0 Å². The van der Waals surface area contributed by atoms with Gasteiger partial charge in [-0.15, -0.1) is 0 Å². The molecule has 0 unspecified atom stereocenters. The molecule has 9 heteroatoms. The van der Waals surface area contributed by atoms with Crippen LogP contribution in [0.5, 0.6) is 0 Å². The van der Waals surface area contributed by atoms with Gasteiger partial charge in [-0.1, -0.05) is 17.7 Å². The van der Waals surface area contributed by atoms with E-state index in [1.54, 1.807) is 0 Å². The van der Waals surface area contributed by atoms with E-state index in [0.717, 1.165) is 6.07 Å². The molecule has 6 nitrogen and oxygen atoms in total. The summed E-state index contributed by atoms with van der Waals surface area (Å²) in [6.07, 6.45) is 0. The largest absolute Gasteiger partial charge is 0.379 e. The van der Waals surface area contributed by atoms with Gasteiger partial charge < -0.3 is 10.1 Å². The molecular weight excluding hydrogens is 383 g/mol. The van der Waals surface area contributed by atoms with Crippen LogP contribution in [0.3, 0.4) is 0 Å². The Labute approximate surface area is 155 Å². The lowest BCUT2D eigenvalue weighted by atomic mass is 10.2. The molecule has 0 radical (unpaired) electrons. The van der Waals surface area contributed by atoms with E-state index in [4.69, 9.17) is 16.3 Å². The summed E-state index contributed by atoms with van der Waals surface area (Å²) >= 11 is 5.87. The molecule has 1 amide bonds. The summed E-state index contributed by atoms with van der Waals surface area (Å²) in [5, 5.41) is 2.50. The number of sulfonamides is 1. The molecule has 138 valence electrons. The predicted molar refractivity (Wildman–Crippen MR) is 95.4 cm³/mol. The number of morpholine rings is 1. The average Bonchev–Trinajstić information content (AvgIpc) is 2.63. The quantitative estimate of drug-likeness (QED) is 0.859. The van der Waals surface area contributed by atoms with E-state index in [-0.39, 0.29) is 15.5 Å². The van der Waals surface area contributed by atoms with Gasteiger partial charge in [-0.3, -0.25) is 4.79 Å². The molecule has 0 aliphatic carbocycles. The SMILES string of the molecule is O=C(Nc1ccc(S(=O)(=O)N2CCOCC2)cc1)c1c(F)cccc1Cl. The second-order valence-corrected chi connectivity index (χ2v) is 7.94. The van der Waals surface area contributed by atoms with Crippen LogP contribution < -0.4 is 5.32 Å². The van der Waals surface area contributed by atoms with Crippen molar-refractivity contribution in [2.75, 3.05) is 31.6 Å². The number of halogens is 2. The third kappa shape index (κ3) is 3.88. The van der Waals surface area contributed by atoms with Gasteiger partial charge in [-0.2, -0.15) is 4.31 Å². The molecule has 1 aliphatic rings. The first-order valence-electron chi connectivity index (χ1n) is 7.83. The first-order chi connectivity index (χ1) is 12.4. The molecule has 2 aromatic carbocycles. The van der Waals surface area contributed by atoms with Crippen molar-refractivity contribution in [3.05, 3.63) is 58.9 Å². The van der Waals surface area contributed by atoms with Gasteiger partial charge in [0.2, 0.25) is 10.0 Å². The monoisotopic (exact) mass is 398 g/mol. The molecule has 1 fully saturated rings. The Morgan fingerprint density at radius 1 is 1.12 bits per heavy atom. The van der Waals surface area contributed by atoms with Crippen LogP contribution in [0, 0.1) is 5.82 Å². The van der Waals surface area contributed by atoms with Gasteiger partial charge in [-0.05, 0) is 36.4 Å². The molecule has 1 aliphatic heterocycles. The Hall–Kier alpha value is -2.00. The number of nitrogens with one attached hydrogen (secondary N) is 1. The molecule has 1 N–H and O–H groups in total. The first kappa shape index (κ1) is 18.8. The fourth-order valence-corrected chi connectivity index (χ4v) is 4.21. The van der Waals surface area contributed by atoms with Crippen molar-refractivity contribution < 1.29 is 22.3 Å². The van der Waals surface area contributed by atoms with E-state index >= 15 is 0 Å². The van der Waals surface area contributed by atoms with E-state index in [9.17, 15) is 17.6 Å². The molecule has 0 spiro atoms. The van der Waals surface area contributed by atoms with Crippen LogP contribution >= 0.6 is 11.6 Å². The third-order valence-electron chi connectivity index (χ3n) is 3.91. The maximum absolute atomic E-state index is 13.8. The van der Waals surface area contributed by atoms with Crippen LogP contribution in [0.2, 0.25) is 5.02 Å². The zero-order valence-electron chi connectivity index (χ0n) is 13.6. The zero-order chi connectivity index (χ0) is 18.7. The molecule has 0 atom stereocenters. The van der Waals surface area contributed by atoms with Crippen molar-refractivity contribution in [3.8, 4) is 0 Å². The van der Waals surface area contributed by atoms with Crippen LogP contribution in [0.25, 0.3) is 0 Å². The maximum atomic E-state index is 13.8. The second-order valence-electron chi connectivity index (χ2n) is 5.59. The molecule has 0 aromatic heterocycles.